The molecule has 0 radical (unpaired) electrons. The molecule has 0 rings (SSSR count). The Morgan fingerprint density at radius 3 is 2.29 bits per heavy atom. The van der Waals surface area contributed by atoms with E-state index in [1.807, 2.05) is 14.0 Å². The Morgan fingerprint density at radius 1 is 1.14 bits per heavy atom. The molecule has 0 aliphatic carbocycles. The first-order chi connectivity index (χ1) is 6.76. The van der Waals surface area contributed by atoms with Crippen molar-refractivity contribution in [3.05, 3.63) is 0 Å². The SMILES string of the molecule is CCOCCOCC(NC)C(C)CC. The van der Waals surface area contributed by atoms with Gasteiger partial charge in [-0.1, -0.05) is 20.3 Å². The van der Waals surface area contributed by atoms with Gasteiger partial charge in [-0.3, -0.25) is 0 Å². The maximum Gasteiger partial charge on any atom is 0.0701 e. The van der Waals surface area contributed by atoms with E-state index >= 15 is 0 Å². The summed E-state index contributed by atoms with van der Waals surface area (Å²) in [6.07, 6.45) is 1.18. The third-order valence-corrected chi connectivity index (χ3v) is 2.58. The van der Waals surface area contributed by atoms with E-state index in [2.05, 4.69) is 19.2 Å². The van der Waals surface area contributed by atoms with Crippen LogP contribution in [0, 0.1) is 5.92 Å². The van der Waals surface area contributed by atoms with Crippen LogP contribution in [0.5, 0.6) is 0 Å². The monoisotopic (exact) mass is 203 g/mol. The average Bonchev–Trinajstić information content (AvgIpc) is 2.22. The Morgan fingerprint density at radius 2 is 1.79 bits per heavy atom. The molecule has 3 nitrogen and oxygen atoms in total. The zero-order chi connectivity index (χ0) is 10.8. The van der Waals surface area contributed by atoms with Crippen molar-refractivity contribution >= 4 is 0 Å². The molecule has 0 amide bonds. The molecule has 0 saturated heterocycles. The molecule has 0 bridgehead atoms. The Kier molecular flexibility index (Phi) is 9.35. The highest BCUT2D eigenvalue weighted by Crippen LogP contribution is 2.07. The van der Waals surface area contributed by atoms with Crippen molar-refractivity contribution in [3.63, 3.8) is 0 Å². The van der Waals surface area contributed by atoms with Gasteiger partial charge in [0.15, 0.2) is 0 Å². The maximum atomic E-state index is 5.52. The Bertz CT molecular complexity index is 120. The molecule has 86 valence electrons. The number of hydrogen-bond acceptors (Lipinski definition) is 3. The van der Waals surface area contributed by atoms with Crippen molar-refractivity contribution < 1.29 is 9.47 Å². The first-order valence-electron chi connectivity index (χ1n) is 5.58. The third kappa shape index (κ3) is 6.35. The van der Waals surface area contributed by atoms with Crippen LogP contribution in [0.25, 0.3) is 0 Å². The van der Waals surface area contributed by atoms with Crippen molar-refractivity contribution in [2.75, 3.05) is 33.5 Å². The van der Waals surface area contributed by atoms with Crippen molar-refractivity contribution in [2.45, 2.75) is 33.2 Å². The van der Waals surface area contributed by atoms with Gasteiger partial charge in [0.05, 0.1) is 19.8 Å². The molecule has 0 aromatic rings. The van der Waals surface area contributed by atoms with Crippen LogP contribution in [0.15, 0.2) is 0 Å². The van der Waals surface area contributed by atoms with Crippen molar-refractivity contribution in [2.24, 2.45) is 5.92 Å². The summed E-state index contributed by atoms with van der Waals surface area (Å²) in [5.74, 6) is 0.659. The lowest BCUT2D eigenvalue weighted by atomic mass is 10.0. The summed E-state index contributed by atoms with van der Waals surface area (Å²) >= 11 is 0. The quantitative estimate of drug-likeness (QED) is 0.578. The van der Waals surface area contributed by atoms with Gasteiger partial charge < -0.3 is 14.8 Å². The standard InChI is InChI=1S/C11H25NO2/c1-5-10(3)11(12-4)9-14-8-7-13-6-2/h10-12H,5-9H2,1-4H3. The topological polar surface area (TPSA) is 30.5 Å². The molecular weight excluding hydrogens is 178 g/mol. The fraction of sp³-hybridized carbons (Fsp3) is 1.00. The number of nitrogens with one attached hydrogen (secondary N) is 1. The van der Waals surface area contributed by atoms with Crippen LogP contribution in [-0.2, 0) is 9.47 Å². The van der Waals surface area contributed by atoms with E-state index in [1.54, 1.807) is 0 Å². The van der Waals surface area contributed by atoms with E-state index in [9.17, 15) is 0 Å². The molecule has 0 heterocycles. The Balaban J connectivity index is 3.42. The van der Waals surface area contributed by atoms with Crippen LogP contribution in [0.4, 0.5) is 0 Å². The van der Waals surface area contributed by atoms with Crippen LogP contribution in [0.2, 0.25) is 0 Å². The molecule has 0 aromatic carbocycles. The lowest BCUT2D eigenvalue weighted by Gasteiger charge is -2.22. The second-order valence-electron chi connectivity index (χ2n) is 3.55. The summed E-state index contributed by atoms with van der Waals surface area (Å²) in [5, 5.41) is 3.28. The summed E-state index contributed by atoms with van der Waals surface area (Å²) in [6, 6.07) is 0.460. The smallest absolute Gasteiger partial charge is 0.0701 e. The van der Waals surface area contributed by atoms with Gasteiger partial charge in [0.1, 0.15) is 0 Å². The predicted molar refractivity (Wildman–Crippen MR) is 59.6 cm³/mol. The predicted octanol–water partition coefficient (Wildman–Crippen LogP) is 1.67. The van der Waals surface area contributed by atoms with Gasteiger partial charge in [0, 0.05) is 12.6 Å². The minimum Gasteiger partial charge on any atom is -0.379 e. The number of rotatable bonds is 9. The van der Waals surface area contributed by atoms with Crippen LogP contribution in [0.3, 0.4) is 0 Å². The first kappa shape index (κ1) is 13.9. The molecule has 2 atom stereocenters. The molecule has 2 unspecified atom stereocenters. The van der Waals surface area contributed by atoms with E-state index in [0.29, 0.717) is 25.2 Å². The Hall–Kier alpha value is -0.120. The summed E-state index contributed by atoms with van der Waals surface area (Å²) in [4.78, 5) is 0. The fourth-order valence-corrected chi connectivity index (χ4v) is 1.29. The lowest BCUT2D eigenvalue weighted by Crippen LogP contribution is -2.36. The number of likely N-dealkylation sites (N-methyl/N-ethyl adjacent to an activating group) is 1. The van der Waals surface area contributed by atoms with Gasteiger partial charge in [0.2, 0.25) is 0 Å². The average molecular weight is 203 g/mol. The van der Waals surface area contributed by atoms with Crippen LogP contribution in [-0.4, -0.2) is 39.5 Å². The van der Waals surface area contributed by atoms with Gasteiger partial charge in [-0.05, 0) is 19.9 Å². The highest BCUT2D eigenvalue weighted by molar-refractivity contribution is 4.69. The molecule has 1 N–H and O–H groups in total. The van der Waals surface area contributed by atoms with Gasteiger partial charge >= 0.3 is 0 Å². The Labute approximate surface area is 88.2 Å². The first-order valence-corrected chi connectivity index (χ1v) is 5.58. The van der Waals surface area contributed by atoms with Crippen molar-refractivity contribution in [1.29, 1.82) is 0 Å². The van der Waals surface area contributed by atoms with Crippen LogP contribution < -0.4 is 5.32 Å². The summed E-state index contributed by atoms with van der Waals surface area (Å²) in [7, 11) is 1.99. The molecule has 0 spiro atoms. The number of hydrogen-bond donors (Lipinski definition) is 1. The van der Waals surface area contributed by atoms with Crippen LogP contribution in [0.1, 0.15) is 27.2 Å². The van der Waals surface area contributed by atoms with E-state index in [4.69, 9.17) is 9.47 Å². The molecule has 14 heavy (non-hydrogen) atoms. The molecule has 0 aliphatic heterocycles. The van der Waals surface area contributed by atoms with Gasteiger partial charge in [0.25, 0.3) is 0 Å². The summed E-state index contributed by atoms with van der Waals surface area (Å²) in [6.45, 7) is 9.39. The molecule has 0 fully saturated rings. The summed E-state index contributed by atoms with van der Waals surface area (Å²) in [5.41, 5.74) is 0. The van der Waals surface area contributed by atoms with Crippen molar-refractivity contribution in [1.82, 2.24) is 5.32 Å². The fourth-order valence-electron chi connectivity index (χ4n) is 1.29. The van der Waals surface area contributed by atoms with Crippen molar-refractivity contribution in [3.8, 4) is 0 Å². The number of ether oxygens (including phenoxy) is 2. The van der Waals surface area contributed by atoms with E-state index in [0.717, 1.165) is 13.2 Å². The van der Waals surface area contributed by atoms with E-state index in [-0.39, 0.29) is 0 Å². The second-order valence-corrected chi connectivity index (χ2v) is 3.55. The van der Waals surface area contributed by atoms with Gasteiger partial charge in [-0.25, -0.2) is 0 Å². The molecule has 0 aliphatic rings. The third-order valence-electron chi connectivity index (χ3n) is 2.58. The zero-order valence-corrected chi connectivity index (χ0v) is 10.0. The molecule has 3 heteroatoms. The minimum atomic E-state index is 0.460. The van der Waals surface area contributed by atoms with Gasteiger partial charge in [-0.2, -0.15) is 0 Å². The van der Waals surface area contributed by atoms with Crippen LogP contribution >= 0.6 is 0 Å². The molecule has 0 saturated carbocycles. The largest absolute Gasteiger partial charge is 0.379 e. The zero-order valence-electron chi connectivity index (χ0n) is 10.0. The van der Waals surface area contributed by atoms with E-state index in [1.165, 1.54) is 6.42 Å². The molecule has 0 aromatic heterocycles. The lowest BCUT2D eigenvalue weighted by molar-refractivity contribution is 0.0378. The maximum absolute atomic E-state index is 5.52. The minimum absolute atomic E-state index is 0.460. The summed E-state index contributed by atoms with van der Waals surface area (Å²) < 4.78 is 10.7. The van der Waals surface area contributed by atoms with E-state index < -0.39 is 0 Å². The van der Waals surface area contributed by atoms with Gasteiger partial charge in [-0.15, -0.1) is 0 Å². The normalized spacial score (nSPS) is 15.4. The highest BCUT2D eigenvalue weighted by Gasteiger charge is 2.12. The second kappa shape index (κ2) is 9.44. The molecular formula is C11H25NO2. The highest BCUT2D eigenvalue weighted by atomic mass is 16.5.